The number of nitrogens with zero attached hydrogens (tertiary/aromatic N) is 4. The fraction of sp³-hybridized carbons (Fsp3) is 0.192. The van der Waals surface area contributed by atoms with Crippen LogP contribution in [0.15, 0.2) is 73.4 Å². The number of aromatic nitrogens is 2. The van der Waals surface area contributed by atoms with Gasteiger partial charge in [-0.1, -0.05) is 75.5 Å². The Bertz CT molecular complexity index is 1560. The second-order valence-corrected chi connectivity index (χ2v) is 10.4. The standard InChI is InChI=1S/C26H22Br2N4O4/c1-15(2)25-30-22-8-7-19(27)11-21(22)26(33)31(25)29-13-18-10-20(28)12-23(32(34)35)24(18)36-14-17-6-4-5-16(3)9-17/h4-13,15H,14H2,1-3H3. The van der Waals surface area contributed by atoms with Crippen molar-refractivity contribution in [2.75, 3.05) is 0 Å². The molecular weight excluding hydrogens is 592 g/mol. The van der Waals surface area contributed by atoms with Crippen LogP contribution >= 0.6 is 31.9 Å². The normalized spacial score (nSPS) is 11.5. The second-order valence-electron chi connectivity index (χ2n) is 8.53. The van der Waals surface area contributed by atoms with Crippen molar-refractivity contribution in [1.29, 1.82) is 0 Å². The third-order valence-electron chi connectivity index (χ3n) is 5.39. The summed E-state index contributed by atoms with van der Waals surface area (Å²) in [5.41, 5.74) is 2.29. The van der Waals surface area contributed by atoms with E-state index >= 15 is 0 Å². The first-order valence-electron chi connectivity index (χ1n) is 11.1. The van der Waals surface area contributed by atoms with Gasteiger partial charge in [-0.25, -0.2) is 4.98 Å². The Kier molecular flexibility index (Phi) is 7.65. The molecule has 10 heteroatoms. The molecule has 0 unspecified atom stereocenters. The SMILES string of the molecule is Cc1cccc(COc2c(C=Nn3c(C(C)C)nc4ccc(Br)cc4c3=O)cc(Br)cc2[N+](=O)[O-])c1. The quantitative estimate of drug-likeness (QED) is 0.131. The highest BCUT2D eigenvalue weighted by Gasteiger charge is 2.21. The third-order valence-corrected chi connectivity index (χ3v) is 6.34. The molecule has 1 heterocycles. The van der Waals surface area contributed by atoms with Crippen LogP contribution in [0, 0.1) is 17.0 Å². The number of hydrogen-bond acceptors (Lipinski definition) is 6. The number of nitro groups is 1. The highest BCUT2D eigenvalue weighted by atomic mass is 79.9. The van der Waals surface area contributed by atoms with Crippen LogP contribution in [0.2, 0.25) is 0 Å². The maximum absolute atomic E-state index is 13.3. The van der Waals surface area contributed by atoms with Crippen LogP contribution in [0.1, 0.15) is 42.3 Å². The summed E-state index contributed by atoms with van der Waals surface area (Å²) in [6, 6.07) is 16.0. The Morgan fingerprint density at radius 1 is 1.14 bits per heavy atom. The van der Waals surface area contributed by atoms with E-state index in [0.29, 0.717) is 26.8 Å². The van der Waals surface area contributed by atoms with Gasteiger partial charge in [0.1, 0.15) is 12.4 Å². The summed E-state index contributed by atoms with van der Waals surface area (Å²) in [6.07, 6.45) is 1.39. The summed E-state index contributed by atoms with van der Waals surface area (Å²) >= 11 is 6.73. The van der Waals surface area contributed by atoms with E-state index in [1.165, 1.54) is 17.0 Å². The molecule has 0 N–H and O–H groups in total. The van der Waals surface area contributed by atoms with Crippen molar-refractivity contribution in [2.24, 2.45) is 5.10 Å². The largest absolute Gasteiger partial charge is 0.481 e. The molecular formula is C26H22Br2N4O4. The summed E-state index contributed by atoms with van der Waals surface area (Å²) in [4.78, 5) is 29.3. The molecule has 4 rings (SSSR count). The highest BCUT2D eigenvalue weighted by molar-refractivity contribution is 9.10. The highest BCUT2D eigenvalue weighted by Crippen LogP contribution is 2.34. The second kappa shape index (κ2) is 10.7. The zero-order valence-corrected chi connectivity index (χ0v) is 22.9. The summed E-state index contributed by atoms with van der Waals surface area (Å²) in [6.45, 7) is 5.93. The Morgan fingerprint density at radius 3 is 2.61 bits per heavy atom. The maximum atomic E-state index is 13.3. The Labute approximate surface area is 224 Å². The third kappa shape index (κ3) is 5.55. The van der Waals surface area contributed by atoms with Crippen molar-refractivity contribution in [3.8, 4) is 5.75 Å². The number of rotatable bonds is 7. The lowest BCUT2D eigenvalue weighted by Crippen LogP contribution is -2.23. The van der Waals surface area contributed by atoms with E-state index in [-0.39, 0.29) is 29.5 Å². The fourth-order valence-corrected chi connectivity index (χ4v) is 4.54. The van der Waals surface area contributed by atoms with Crippen LogP contribution < -0.4 is 10.3 Å². The van der Waals surface area contributed by atoms with Crippen LogP contribution in [-0.4, -0.2) is 20.8 Å². The summed E-state index contributed by atoms with van der Waals surface area (Å²) in [5, 5.41) is 16.7. The first kappa shape index (κ1) is 25.7. The lowest BCUT2D eigenvalue weighted by molar-refractivity contribution is -0.386. The molecule has 1 aromatic heterocycles. The van der Waals surface area contributed by atoms with E-state index < -0.39 is 4.92 Å². The molecule has 36 heavy (non-hydrogen) atoms. The molecule has 0 atom stereocenters. The number of fused-ring (bicyclic) bond motifs is 1. The van der Waals surface area contributed by atoms with Gasteiger partial charge in [-0.3, -0.25) is 14.9 Å². The van der Waals surface area contributed by atoms with Gasteiger partial charge in [0.15, 0.2) is 0 Å². The number of ether oxygens (including phenoxy) is 1. The molecule has 0 aliphatic rings. The smallest absolute Gasteiger partial charge is 0.312 e. The lowest BCUT2D eigenvalue weighted by Gasteiger charge is -2.13. The fourth-order valence-electron chi connectivity index (χ4n) is 3.72. The van der Waals surface area contributed by atoms with E-state index in [4.69, 9.17) is 4.74 Å². The van der Waals surface area contributed by atoms with Crippen LogP contribution in [-0.2, 0) is 6.61 Å². The molecule has 0 saturated heterocycles. The molecule has 0 fully saturated rings. The van der Waals surface area contributed by atoms with E-state index in [2.05, 4.69) is 41.9 Å². The van der Waals surface area contributed by atoms with Gasteiger partial charge in [-0.15, -0.1) is 0 Å². The molecule has 0 radical (unpaired) electrons. The van der Waals surface area contributed by atoms with Crippen molar-refractivity contribution in [1.82, 2.24) is 9.66 Å². The van der Waals surface area contributed by atoms with Gasteiger partial charge in [0.2, 0.25) is 5.75 Å². The average Bonchev–Trinajstić information content (AvgIpc) is 2.82. The van der Waals surface area contributed by atoms with Gasteiger partial charge >= 0.3 is 5.69 Å². The van der Waals surface area contributed by atoms with Crippen LogP contribution in [0.25, 0.3) is 10.9 Å². The Hall–Kier alpha value is -3.37. The molecule has 0 amide bonds. The molecule has 0 bridgehead atoms. The van der Waals surface area contributed by atoms with Crippen molar-refractivity contribution < 1.29 is 9.66 Å². The zero-order chi connectivity index (χ0) is 26.0. The van der Waals surface area contributed by atoms with Gasteiger partial charge in [-0.05, 0) is 36.8 Å². The van der Waals surface area contributed by atoms with Crippen LogP contribution in [0.5, 0.6) is 5.75 Å². The zero-order valence-electron chi connectivity index (χ0n) is 19.7. The van der Waals surface area contributed by atoms with Crippen LogP contribution in [0.3, 0.4) is 0 Å². The molecule has 4 aromatic rings. The Balaban J connectivity index is 1.83. The average molecular weight is 614 g/mol. The van der Waals surface area contributed by atoms with E-state index in [1.54, 1.807) is 18.2 Å². The van der Waals surface area contributed by atoms with Gasteiger partial charge in [-0.2, -0.15) is 9.78 Å². The van der Waals surface area contributed by atoms with Crippen molar-refractivity contribution in [3.63, 3.8) is 0 Å². The molecule has 0 spiro atoms. The molecule has 184 valence electrons. The number of hydrogen-bond donors (Lipinski definition) is 0. The van der Waals surface area contributed by atoms with Gasteiger partial charge in [0.05, 0.1) is 22.0 Å². The summed E-state index contributed by atoms with van der Waals surface area (Å²) in [7, 11) is 0. The molecule has 0 saturated carbocycles. The van der Waals surface area contributed by atoms with E-state index in [0.717, 1.165) is 15.6 Å². The van der Waals surface area contributed by atoms with Crippen molar-refractivity contribution in [2.45, 2.75) is 33.3 Å². The van der Waals surface area contributed by atoms with Crippen molar-refractivity contribution >= 4 is 54.7 Å². The number of nitro benzene ring substituents is 1. The van der Waals surface area contributed by atoms with Gasteiger partial charge < -0.3 is 4.74 Å². The lowest BCUT2D eigenvalue weighted by atomic mass is 10.1. The van der Waals surface area contributed by atoms with E-state index in [9.17, 15) is 14.9 Å². The monoisotopic (exact) mass is 612 g/mol. The van der Waals surface area contributed by atoms with E-state index in [1.807, 2.05) is 51.1 Å². The Morgan fingerprint density at radius 2 is 1.92 bits per heavy atom. The first-order valence-corrected chi connectivity index (χ1v) is 12.7. The number of aryl methyl sites for hydroxylation is 1. The van der Waals surface area contributed by atoms with Crippen LogP contribution in [0.4, 0.5) is 5.69 Å². The maximum Gasteiger partial charge on any atom is 0.312 e. The molecule has 0 aliphatic carbocycles. The molecule has 8 nitrogen and oxygen atoms in total. The molecule has 3 aromatic carbocycles. The van der Waals surface area contributed by atoms with Gasteiger partial charge in [0.25, 0.3) is 5.56 Å². The summed E-state index contributed by atoms with van der Waals surface area (Å²) in [5.74, 6) is 0.429. The minimum absolute atomic E-state index is 0.0593. The number of benzene rings is 3. The summed E-state index contributed by atoms with van der Waals surface area (Å²) < 4.78 is 8.41. The first-order chi connectivity index (χ1) is 17.1. The van der Waals surface area contributed by atoms with Crippen molar-refractivity contribution in [3.05, 3.63) is 107 Å². The number of halogens is 2. The minimum Gasteiger partial charge on any atom is -0.481 e. The predicted molar refractivity (Wildman–Crippen MR) is 147 cm³/mol. The predicted octanol–water partition coefficient (Wildman–Crippen LogP) is 6.72. The topological polar surface area (TPSA) is 99.6 Å². The minimum atomic E-state index is -0.505. The molecule has 0 aliphatic heterocycles. The van der Waals surface area contributed by atoms with Gasteiger partial charge in [0, 0.05) is 26.5 Å².